The van der Waals surface area contributed by atoms with Crippen molar-refractivity contribution in [2.24, 2.45) is 5.92 Å². The number of benzene rings is 1. The first-order valence-corrected chi connectivity index (χ1v) is 12.1. The molecule has 1 aromatic carbocycles. The van der Waals surface area contributed by atoms with Crippen molar-refractivity contribution in [2.75, 3.05) is 38.2 Å². The van der Waals surface area contributed by atoms with Crippen LogP contribution in [0, 0.1) is 12.8 Å². The number of carbonyl (C=O) groups excluding carboxylic acids is 1. The number of anilines is 1. The van der Waals surface area contributed by atoms with Crippen molar-refractivity contribution in [1.82, 2.24) is 14.9 Å². The highest BCUT2D eigenvalue weighted by molar-refractivity contribution is 5.80. The molecule has 1 saturated heterocycles. The van der Waals surface area contributed by atoms with E-state index < -0.39 is 0 Å². The minimum absolute atomic E-state index is 0.271. The van der Waals surface area contributed by atoms with Crippen LogP contribution in [0.5, 0.6) is 0 Å². The number of carbonyl (C=O) groups is 1. The molecule has 0 unspecified atom stereocenters. The number of nitrogens with zero attached hydrogens (tertiary/aromatic N) is 4. The number of rotatable bonds is 7. The maximum absolute atomic E-state index is 12.7. The molecule has 2 heterocycles. The molecule has 0 radical (unpaired) electrons. The monoisotopic (exact) mass is 434 g/mol. The highest BCUT2D eigenvalue weighted by Gasteiger charge is 2.33. The number of aryl methyl sites for hydroxylation is 1. The molecule has 6 heteroatoms. The quantitative estimate of drug-likeness (QED) is 0.663. The Hall–Kier alpha value is -2.47. The van der Waals surface area contributed by atoms with Gasteiger partial charge in [0.2, 0.25) is 5.91 Å². The number of hydrogen-bond donors (Lipinski definition) is 0. The molecule has 3 fully saturated rings. The second-order valence-corrected chi connectivity index (χ2v) is 9.64. The summed E-state index contributed by atoms with van der Waals surface area (Å²) in [5.41, 5.74) is 4.70. The maximum Gasteiger partial charge on any atom is 0.225 e. The van der Waals surface area contributed by atoms with Crippen LogP contribution in [0.2, 0.25) is 0 Å². The van der Waals surface area contributed by atoms with E-state index in [-0.39, 0.29) is 5.92 Å². The summed E-state index contributed by atoms with van der Waals surface area (Å²) in [4.78, 5) is 27.2. The number of aromatic nitrogens is 2. The summed E-state index contributed by atoms with van der Waals surface area (Å²) < 4.78 is 5.56. The number of methoxy groups -OCH3 is 1. The molecular formula is C26H34N4O2. The molecule has 0 N–H and O–H groups in total. The molecular weight excluding hydrogens is 400 g/mol. The zero-order valence-corrected chi connectivity index (χ0v) is 19.3. The van der Waals surface area contributed by atoms with Gasteiger partial charge in [0.05, 0.1) is 12.3 Å². The molecule has 2 saturated carbocycles. The zero-order chi connectivity index (χ0) is 22.1. The van der Waals surface area contributed by atoms with Crippen molar-refractivity contribution < 1.29 is 9.53 Å². The fraction of sp³-hybridized carbons (Fsp3) is 0.577. The molecule has 0 bridgehead atoms. The van der Waals surface area contributed by atoms with Crippen LogP contribution < -0.4 is 4.90 Å². The topological polar surface area (TPSA) is 58.6 Å². The van der Waals surface area contributed by atoms with E-state index in [0.29, 0.717) is 18.4 Å². The molecule has 6 nitrogen and oxygen atoms in total. The summed E-state index contributed by atoms with van der Waals surface area (Å²) in [7, 11) is 1.74. The third-order valence-corrected chi connectivity index (χ3v) is 7.12. The standard InChI is InChI=1S/C26H34N4O2/c1-18-5-3-6-19(15-18)16-22-23(17-32-2)27-24(20-9-10-20)28-25(22)29-11-13-30(14-12-29)26(31)21-7-4-8-21/h3,5-6,15,20-21H,4,7-14,16-17H2,1-2H3. The van der Waals surface area contributed by atoms with E-state index in [1.807, 2.05) is 0 Å². The Kier molecular flexibility index (Phi) is 6.13. The minimum atomic E-state index is 0.271. The lowest BCUT2D eigenvalue weighted by molar-refractivity contribution is -0.138. The van der Waals surface area contributed by atoms with Crippen LogP contribution in [0.25, 0.3) is 0 Å². The first-order valence-electron chi connectivity index (χ1n) is 12.1. The molecule has 170 valence electrons. The van der Waals surface area contributed by atoms with E-state index >= 15 is 0 Å². The fourth-order valence-electron chi connectivity index (χ4n) is 4.84. The van der Waals surface area contributed by atoms with Crippen molar-refractivity contribution in [2.45, 2.75) is 58.0 Å². The SMILES string of the molecule is COCc1nc(C2CC2)nc(N2CCN(C(=O)C3CCC3)CC2)c1Cc1cccc(C)c1. The van der Waals surface area contributed by atoms with Crippen molar-refractivity contribution in [3.05, 3.63) is 52.5 Å². The Morgan fingerprint density at radius 1 is 1.09 bits per heavy atom. The van der Waals surface area contributed by atoms with Gasteiger partial charge >= 0.3 is 0 Å². The van der Waals surface area contributed by atoms with E-state index in [9.17, 15) is 4.79 Å². The van der Waals surface area contributed by atoms with E-state index in [1.54, 1.807) is 7.11 Å². The van der Waals surface area contributed by atoms with Gasteiger partial charge < -0.3 is 14.5 Å². The van der Waals surface area contributed by atoms with E-state index in [1.165, 1.54) is 36.0 Å². The van der Waals surface area contributed by atoms with Gasteiger partial charge in [-0.05, 0) is 38.2 Å². The van der Waals surface area contributed by atoms with Crippen LogP contribution in [0.3, 0.4) is 0 Å². The minimum Gasteiger partial charge on any atom is -0.378 e. The molecule has 3 aliphatic rings. The number of amides is 1. The molecule has 1 aliphatic heterocycles. The normalized spacial score (nSPS) is 19.2. The summed E-state index contributed by atoms with van der Waals surface area (Å²) >= 11 is 0. The van der Waals surface area contributed by atoms with Gasteiger partial charge in [0.15, 0.2) is 0 Å². The predicted octanol–water partition coefficient (Wildman–Crippen LogP) is 3.85. The Bertz CT molecular complexity index is 976. The Balaban J connectivity index is 1.43. The molecule has 5 rings (SSSR count). The van der Waals surface area contributed by atoms with E-state index in [4.69, 9.17) is 14.7 Å². The van der Waals surface area contributed by atoms with E-state index in [2.05, 4.69) is 41.0 Å². The number of piperazine rings is 1. The highest BCUT2D eigenvalue weighted by Crippen LogP contribution is 2.40. The third-order valence-electron chi connectivity index (χ3n) is 7.12. The number of ether oxygens (including phenoxy) is 1. The molecule has 32 heavy (non-hydrogen) atoms. The summed E-state index contributed by atoms with van der Waals surface area (Å²) in [6.45, 7) is 5.84. The van der Waals surface area contributed by atoms with Crippen molar-refractivity contribution >= 4 is 11.7 Å². The van der Waals surface area contributed by atoms with Gasteiger partial charge in [-0.2, -0.15) is 0 Å². The van der Waals surface area contributed by atoms with Crippen LogP contribution in [-0.2, 0) is 22.6 Å². The third kappa shape index (κ3) is 4.51. The molecule has 0 atom stereocenters. The van der Waals surface area contributed by atoms with Crippen LogP contribution in [0.4, 0.5) is 5.82 Å². The predicted molar refractivity (Wildman–Crippen MR) is 125 cm³/mol. The first kappa shape index (κ1) is 21.4. The summed E-state index contributed by atoms with van der Waals surface area (Å²) in [6, 6.07) is 8.66. The molecule has 2 aromatic rings. The largest absolute Gasteiger partial charge is 0.378 e. The molecule has 1 aromatic heterocycles. The maximum atomic E-state index is 12.7. The van der Waals surface area contributed by atoms with Gasteiger partial charge in [0.1, 0.15) is 11.6 Å². The smallest absolute Gasteiger partial charge is 0.225 e. The lowest BCUT2D eigenvalue weighted by atomic mass is 9.84. The Morgan fingerprint density at radius 2 is 1.88 bits per heavy atom. The zero-order valence-electron chi connectivity index (χ0n) is 19.3. The van der Waals surface area contributed by atoms with Crippen LogP contribution in [0.15, 0.2) is 24.3 Å². The average molecular weight is 435 g/mol. The lowest BCUT2D eigenvalue weighted by Gasteiger charge is -2.39. The highest BCUT2D eigenvalue weighted by atomic mass is 16.5. The first-order chi connectivity index (χ1) is 15.6. The van der Waals surface area contributed by atoms with Crippen LogP contribution >= 0.6 is 0 Å². The Morgan fingerprint density at radius 3 is 2.50 bits per heavy atom. The van der Waals surface area contributed by atoms with Gasteiger partial charge in [0.25, 0.3) is 0 Å². The Labute approximate surface area is 191 Å². The summed E-state index contributed by atoms with van der Waals surface area (Å²) in [6.07, 6.45) is 6.47. The van der Waals surface area contributed by atoms with Crippen molar-refractivity contribution in [1.29, 1.82) is 0 Å². The second-order valence-electron chi connectivity index (χ2n) is 9.64. The van der Waals surface area contributed by atoms with Crippen LogP contribution in [0.1, 0.15) is 66.2 Å². The molecule has 1 amide bonds. The second kappa shape index (κ2) is 9.18. The fourth-order valence-corrected chi connectivity index (χ4v) is 4.84. The van der Waals surface area contributed by atoms with Gasteiger partial charge in [-0.15, -0.1) is 0 Å². The van der Waals surface area contributed by atoms with Gasteiger partial charge in [0, 0.05) is 57.1 Å². The lowest BCUT2D eigenvalue weighted by Crippen LogP contribution is -2.51. The van der Waals surface area contributed by atoms with Crippen molar-refractivity contribution in [3.8, 4) is 0 Å². The number of hydrogen-bond acceptors (Lipinski definition) is 5. The van der Waals surface area contributed by atoms with Gasteiger partial charge in [-0.3, -0.25) is 4.79 Å². The van der Waals surface area contributed by atoms with Crippen molar-refractivity contribution in [3.63, 3.8) is 0 Å². The van der Waals surface area contributed by atoms with Gasteiger partial charge in [-0.1, -0.05) is 36.2 Å². The van der Waals surface area contributed by atoms with Gasteiger partial charge in [-0.25, -0.2) is 9.97 Å². The van der Waals surface area contributed by atoms with Crippen LogP contribution in [-0.4, -0.2) is 54.1 Å². The average Bonchev–Trinajstić information content (AvgIpc) is 3.59. The van der Waals surface area contributed by atoms with E-state index in [0.717, 1.165) is 62.8 Å². The molecule has 0 spiro atoms. The summed E-state index contributed by atoms with van der Waals surface area (Å²) in [5, 5.41) is 0. The molecule has 2 aliphatic carbocycles. The summed E-state index contributed by atoms with van der Waals surface area (Å²) in [5.74, 6) is 3.13.